The second-order valence-electron chi connectivity index (χ2n) is 8.34. The second kappa shape index (κ2) is 7.20. The van der Waals surface area contributed by atoms with Crippen molar-refractivity contribution in [1.29, 1.82) is 0 Å². The van der Waals surface area contributed by atoms with Crippen molar-refractivity contribution < 1.29 is 14.4 Å². The molecule has 0 aliphatic carbocycles. The van der Waals surface area contributed by atoms with E-state index < -0.39 is 0 Å². The maximum absolute atomic E-state index is 13.0. The number of piperidine rings is 1. The van der Waals surface area contributed by atoms with E-state index in [0.29, 0.717) is 32.7 Å². The van der Waals surface area contributed by atoms with E-state index >= 15 is 0 Å². The number of hydrogen-bond donors (Lipinski definition) is 1. The molecule has 150 valence electrons. The van der Waals surface area contributed by atoms with Crippen molar-refractivity contribution in [2.75, 3.05) is 44.2 Å². The second-order valence-corrected chi connectivity index (χ2v) is 8.34. The highest BCUT2D eigenvalue weighted by molar-refractivity contribution is 5.96. The Morgan fingerprint density at radius 2 is 1.93 bits per heavy atom. The van der Waals surface area contributed by atoms with E-state index in [0.717, 1.165) is 25.1 Å². The largest absolute Gasteiger partial charge is 0.349 e. The van der Waals surface area contributed by atoms with Gasteiger partial charge >= 0.3 is 0 Å². The van der Waals surface area contributed by atoms with Crippen LogP contribution >= 0.6 is 0 Å². The van der Waals surface area contributed by atoms with Crippen LogP contribution in [0.4, 0.5) is 5.69 Å². The number of fused-ring (bicyclic) bond motifs is 2. The van der Waals surface area contributed by atoms with Crippen LogP contribution in [0.5, 0.6) is 0 Å². The highest BCUT2D eigenvalue weighted by atomic mass is 16.2. The fourth-order valence-corrected chi connectivity index (χ4v) is 5.12. The third-order valence-electron chi connectivity index (χ3n) is 6.45. The fourth-order valence-electron chi connectivity index (χ4n) is 5.12. The Bertz CT molecular complexity index is 811. The van der Waals surface area contributed by atoms with E-state index in [-0.39, 0.29) is 29.2 Å². The average Bonchev–Trinajstić information content (AvgIpc) is 3.21. The van der Waals surface area contributed by atoms with E-state index in [4.69, 9.17) is 0 Å². The van der Waals surface area contributed by atoms with Gasteiger partial charge in [-0.15, -0.1) is 0 Å². The number of nitrogens with zero attached hydrogens (tertiary/aromatic N) is 3. The normalized spacial score (nSPS) is 26.7. The average molecular weight is 384 g/mol. The highest BCUT2D eigenvalue weighted by Crippen LogP contribution is 2.36. The van der Waals surface area contributed by atoms with Crippen LogP contribution in [0.15, 0.2) is 24.3 Å². The summed E-state index contributed by atoms with van der Waals surface area (Å²) in [5.41, 5.74) is 1.89. The first kappa shape index (κ1) is 18.9. The molecule has 2 atom stereocenters. The summed E-state index contributed by atoms with van der Waals surface area (Å²) in [5.74, 6) is 0.264. The van der Waals surface area contributed by atoms with Crippen LogP contribution in [0.3, 0.4) is 0 Å². The third-order valence-corrected chi connectivity index (χ3v) is 6.45. The predicted octanol–water partition coefficient (Wildman–Crippen LogP) is 0.635. The van der Waals surface area contributed by atoms with Crippen molar-refractivity contribution in [3.63, 3.8) is 0 Å². The van der Waals surface area contributed by atoms with Crippen LogP contribution < -0.4 is 10.2 Å². The number of likely N-dealkylation sites (tertiary alicyclic amines) is 2. The first-order chi connectivity index (χ1) is 13.4. The molecule has 3 aliphatic rings. The summed E-state index contributed by atoms with van der Waals surface area (Å²) in [6.45, 7) is 6.84. The minimum atomic E-state index is -0.346. The lowest BCUT2D eigenvalue weighted by atomic mass is 9.80. The number of rotatable bonds is 3. The molecule has 0 saturated carbocycles. The number of nitrogens with one attached hydrogen (secondary N) is 1. The van der Waals surface area contributed by atoms with E-state index in [1.54, 1.807) is 6.92 Å². The Morgan fingerprint density at radius 1 is 1.14 bits per heavy atom. The molecule has 3 aliphatic heterocycles. The SMILES string of the molecule is CC(=O)N[C@@]12CCN(C(C)=O)C[C@@H]1CN(CC(=O)N1CCc3ccccc31)C2. The summed E-state index contributed by atoms with van der Waals surface area (Å²) >= 11 is 0. The van der Waals surface area contributed by atoms with Crippen molar-refractivity contribution in [2.24, 2.45) is 5.92 Å². The lowest BCUT2D eigenvalue weighted by Crippen LogP contribution is -2.61. The zero-order valence-electron chi connectivity index (χ0n) is 16.6. The van der Waals surface area contributed by atoms with Gasteiger partial charge in [-0.1, -0.05) is 18.2 Å². The molecular formula is C21H28N4O3. The number of carbonyl (C=O) groups is 3. The van der Waals surface area contributed by atoms with E-state index in [1.165, 1.54) is 12.5 Å². The molecule has 2 saturated heterocycles. The molecule has 2 fully saturated rings. The van der Waals surface area contributed by atoms with Crippen molar-refractivity contribution >= 4 is 23.4 Å². The molecular weight excluding hydrogens is 356 g/mol. The van der Waals surface area contributed by atoms with Crippen LogP contribution in [0.2, 0.25) is 0 Å². The first-order valence-corrected chi connectivity index (χ1v) is 10.0. The van der Waals surface area contributed by atoms with Crippen LogP contribution in [0.1, 0.15) is 25.8 Å². The molecule has 1 aromatic rings. The number of amides is 3. The van der Waals surface area contributed by atoms with Crippen molar-refractivity contribution in [3.8, 4) is 0 Å². The Hall–Kier alpha value is -2.41. The molecule has 0 spiro atoms. The third kappa shape index (κ3) is 3.39. The standard InChI is InChI=1S/C21H28N4O3/c1-15(26)22-21-8-10-24(16(2)27)12-18(21)11-23(14-21)13-20(28)25-9-7-17-5-3-4-6-19(17)25/h3-6,18H,7-14H2,1-2H3,(H,22,26)/t18-,21+/m0/s1. The van der Waals surface area contributed by atoms with Gasteiger partial charge in [-0.3, -0.25) is 19.3 Å². The molecule has 0 radical (unpaired) electrons. The molecule has 0 aromatic heterocycles. The van der Waals surface area contributed by atoms with Gasteiger partial charge in [-0.2, -0.15) is 0 Å². The summed E-state index contributed by atoms with van der Waals surface area (Å²) in [7, 11) is 0. The summed E-state index contributed by atoms with van der Waals surface area (Å²) < 4.78 is 0. The molecule has 3 amide bonds. The van der Waals surface area contributed by atoms with Crippen molar-refractivity contribution in [3.05, 3.63) is 29.8 Å². The summed E-state index contributed by atoms with van der Waals surface area (Å²) in [5, 5.41) is 3.16. The first-order valence-electron chi connectivity index (χ1n) is 10.0. The molecule has 0 unspecified atom stereocenters. The van der Waals surface area contributed by atoms with Crippen molar-refractivity contribution in [2.45, 2.75) is 32.2 Å². The molecule has 4 rings (SSSR count). The van der Waals surface area contributed by atoms with Crippen LogP contribution in [0.25, 0.3) is 0 Å². The van der Waals surface area contributed by atoms with E-state index in [1.807, 2.05) is 28.0 Å². The summed E-state index contributed by atoms with van der Waals surface area (Å²) in [4.78, 5) is 42.6. The number of benzene rings is 1. The summed E-state index contributed by atoms with van der Waals surface area (Å²) in [6.07, 6.45) is 1.63. The number of carbonyl (C=O) groups excluding carboxylic acids is 3. The molecule has 28 heavy (non-hydrogen) atoms. The maximum Gasteiger partial charge on any atom is 0.241 e. The van der Waals surface area contributed by atoms with Crippen molar-refractivity contribution in [1.82, 2.24) is 15.1 Å². The molecule has 1 N–H and O–H groups in total. The monoisotopic (exact) mass is 384 g/mol. The number of anilines is 1. The fraction of sp³-hybridized carbons (Fsp3) is 0.571. The van der Waals surface area contributed by atoms with Crippen LogP contribution in [-0.4, -0.2) is 72.3 Å². The zero-order chi connectivity index (χ0) is 19.9. The van der Waals surface area contributed by atoms with E-state index in [2.05, 4.69) is 16.3 Å². The quantitative estimate of drug-likeness (QED) is 0.830. The van der Waals surface area contributed by atoms with E-state index in [9.17, 15) is 14.4 Å². The minimum absolute atomic E-state index is 0.0529. The molecule has 3 heterocycles. The molecule has 1 aromatic carbocycles. The lowest BCUT2D eigenvalue weighted by molar-refractivity contribution is -0.132. The van der Waals surface area contributed by atoms with Gasteiger partial charge in [0.25, 0.3) is 0 Å². The minimum Gasteiger partial charge on any atom is -0.349 e. The maximum atomic E-state index is 13.0. The topological polar surface area (TPSA) is 73.0 Å². The van der Waals surface area contributed by atoms with Gasteiger partial charge in [0.05, 0.1) is 12.1 Å². The summed E-state index contributed by atoms with van der Waals surface area (Å²) in [6, 6.07) is 8.07. The Morgan fingerprint density at radius 3 is 2.68 bits per heavy atom. The van der Waals surface area contributed by atoms with Gasteiger partial charge in [0, 0.05) is 58.2 Å². The predicted molar refractivity (Wildman–Crippen MR) is 106 cm³/mol. The zero-order valence-corrected chi connectivity index (χ0v) is 16.6. The number of para-hydroxylation sites is 1. The highest BCUT2D eigenvalue weighted by Gasteiger charge is 2.50. The Kier molecular flexibility index (Phi) is 4.87. The lowest BCUT2D eigenvalue weighted by Gasteiger charge is -2.43. The molecule has 0 bridgehead atoms. The molecule has 7 nitrogen and oxygen atoms in total. The van der Waals surface area contributed by atoms with Gasteiger partial charge in [-0.05, 0) is 24.5 Å². The Labute approximate surface area is 165 Å². The van der Waals surface area contributed by atoms with Crippen LogP contribution in [0, 0.1) is 5.92 Å². The van der Waals surface area contributed by atoms with Gasteiger partial charge in [0.2, 0.25) is 17.7 Å². The number of hydrogen-bond acceptors (Lipinski definition) is 4. The van der Waals surface area contributed by atoms with Gasteiger partial charge in [0.1, 0.15) is 0 Å². The smallest absolute Gasteiger partial charge is 0.241 e. The van der Waals surface area contributed by atoms with Gasteiger partial charge < -0.3 is 15.1 Å². The molecule has 7 heteroatoms. The van der Waals surface area contributed by atoms with Crippen LogP contribution in [-0.2, 0) is 20.8 Å². The van der Waals surface area contributed by atoms with Gasteiger partial charge in [0.15, 0.2) is 0 Å². The van der Waals surface area contributed by atoms with Gasteiger partial charge in [-0.25, -0.2) is 0 Å². The Balaban J connectivity index is 1.47.